The topological polar surface area (TPSA) is 29.0 Å². The molecule has 1 aromatic rings. The first-order chi connectivity index (χ1) is 7.68. The van der Waals surface area contributed by atoms with Crippen LogP contribution in [0.15, 0.2) is 12.5 Å². The van der Waals surface area contributed by atoms with Crippen molar-refractivity contribution in [3.63, 3.8) is 0 Å². The molecule has 1 aliphatic rings. The second-order valence-corrected chi connectivity index (χ2v) is 5.96. The van der Waals surface area contributed by atoms with E-state index in [1.165, 1.54) is 19.3 Å². The maximum absolute atomic E-state index is 4.43. The summed E-state index contributed by atoms with van der Waals surface area (Å²) in [6.45, 7) is 5.67. The molecule has 0 aromatic carbocycles. The fraction of sp³-hybridized carbons (Fsp3) is 0.667. The van der Waals surface area contributed by atoms with E-state index in [4.69, 9.17) is 0 Å². The Bertz CT molecular complexity index is 350. The number of aromatic nitrogens is 2. The molecule has 2 rings (SSSR count). The van der Waals surface area contributed by atoms with E-state index in [0.717, 1.165) is 27.9 Å². The van der Waals surface area contributed by atoms with Gasteiger partial charge in [-0.3, -0.25) is 0 Å². The van der Waals surface area contributed by atoms with Crippen molar-refractivity contribution in [3.8, 4) is 0 Å². The van der Waals surface area contributed by atoms with E-state index in [1.54, 1.807) is 6.33 Å². The van der Waals surface area contributed by atoms with Crippen molar-refractivity contribution >= 4 is 28.4 Å². The Labute approximate surface area is 111 Å². The Morgan fingerprint density at radius 1 is 1.50 bits per heavy atom. The molecule has 0 N–H and O–H groups in total. The summed E-state index contributed by atoms with van der Waals surface area (Å²) in [6, 6.07) is 0.724. The summed E-state index contributed by atoms with van der Waals surface area (Å²) in [6.07, 6.45) is 7.42. The van der Waals surface area contributed by atoms with Crippen LogP contribution in [0.2, 0.25) is 0 Å². The van der Waals surface area contributed by atoms with Crippen molar-refractivity contribution in [1.82, 2.24) is 9.97 Å². The number of halogens is 1. The Balaban J connectivity index is 2.10. The molecule has 0 unspecified atom stereocenters. The second-order valence-electron chi connectivity index (χ2n) is 4.80. The van der Waals surface area contributed by atoms with Gasteiger partial charge < -0.3 is 4.90 Å². The lowest BCUT2D eigenvalue weighted by atomic mass is 10.1. The third-order valence-electron chi connectivity index (χ3n) is 2.86. The van der Waals surface area contributed by atoms with Crippen LogP contribution in [0.3, 0.4) is 0 Å². The van der Waals surface area contributed by atoms with E-state index in [0.29, 0.717) is 0 Å². The molecule has 0 radical (unpaired) electrons. The Kier molecular flexibility index (Phi) is 4.00. The number of hydrogen-bond acceptors (Lipinski definition) is 3. The van der Waals surface area contributed by atoms with Crippen LogP contribution in [-0.4, -0.2) is 22.6 Å². The van der Waals surface area contributed by atoms with Crippen molar-refractivity contribution in [2.24, 2.45) is 5.92 Å². The highest BCUT2D eigenvalue weighted by Gasteiger charge is 2.30. The molecule has 1 aliphatic carbocycles. The van der Waals surface area contributed by atoms with Gasteiger partial charge in [-0.25, -0.2) is 9.97 Å². The van der Waals surface area contributed by atoms with Gasteiger partial charge in [0.15, 0.2) is 0 Å². The predicted molar refractivity (Wildman–Crippen MR) is 74.6 cm³/mol. The minimum atomic E-state index is 0.724. The highest BCUT2D eigenvalue weighted by Crippen LogP contribution is 2.32. The summed E-state index contributed by atoms with van der Waals surface area (Å²) < 4.78 is 1.16. The average molecular weight is 331 g/mol. The summed E-state index contributed by atoms with van der Waals surface area (Å²) in [5.41, 5.74) is 0. The molecule has 0 spiro atoms. The highest BCUT2D eigenvalue weighted by molar-refractivity contribution is 14.1. The lowest BCUT2D eigenvalue weighted by Crippen LogP contribution is -2.29. The summed E-state index contributed by atoms with van der Waals surface area (Å²) >= 11 is 2.33. The second kappa shape index (κ2) is 5.29. The van der Waals surface area contributed by atoms with Crippen LogP contribution in [0.4, 0.5) is 5.82 Å². The van der Waals surface area contributed by atoms with Gasteiger partial charge in [0.1, 0.15) is 12.1 Å². The molecule has 4 heteroatoms. The van der Waals surface area contributed by atoms with E-state index in [9.17, 15) is 0 Å². The molecule has 0 atom stereocenters. The van der Waals surface area contributed by atoms with Crippen LogP contribution in [0.5, 0.6) is 0 Å². The Morgan fingerprint density at radius 2 is 2.25 bits per heavy atom. The van der Waals surface area contributed by atoms with Gasteiger partial charge in [0.2, 0.25) is 0 Å². The van der Waals surface area contributed by atoms with Gasteiger partial charge in [-0.2, -0.15) is 0 Å². The molecule has 88 valence electrons. The summed E-state index contributed by atoms with van der Waals surface area (Å²) in [5.74, 6) is 1.87. The van der Waals surface area contributed by atoms with Gasteiger partial charge in [-0.1, -0.05) is 13.8 Å². The minimum absolute atomic E-state index is 0.724. The maximum Gasteiger partial charge on any atom is 0.145 e. The van der Waals surface area contributed by atoms with Crippen LogP contribution >= 0.6 is 22.6 Å². The standard InChI is InChI=1S/C12H18IN3/c1-9(2)5-6-16(10-3-4-10)12-11(13)7-14-8-15-12/h7-10H,3-6H2,1-2H3. The highest BCUT2D eigenvalue weighted by atomic mass is 127. The smallest absolute Gasteiger partial charge is 0.145 e. The normalized spacial score (nSPS) is 15.5. The van der Waals surface area contributed by atoms with E-state index in [-0.39, 0.29) is 0 Å². The monoisotopic (exact) mass is 331 g/mol. The molecule has 1 fully saturated rings. The first-order valence-electron chi connectivity index (χ1n) is 5.90. The van der Waals surface area contributed by atoms with Gasteiger partial charge in [0, 0.05) is 18.8 Å². The molecule has 0 amide bonds. The quantitative estimate of drug-likeness (QED) is 0.777. The predicted octanol–water partition coefficient (Wildman–Crippen LogP) is 3.10. The van der Waals surface area contributed by atoms with E-state index in [1.807, 2.05) is 6.20 Å². The van der Waals surface area contributed by atoms with Gasteiger partial charge in [0.05, 0.1) is 3.57 Å². The fourth-order valence-electron chi connectivity index (χ4n) is 1.76. The van der Waals surface area contributed by atoms with E-state index in [2.05, 4.69) is 51.3 Å². The minimum Gasteiger partial charge on any atom is -0.353 e. The molecule has 0 saturated heterocycles. The van der Waals surface area contributed by atoms with E-state index < -0.39 is 0 Å². The molecule has 1 heterocycles. The Morgan fingerprint density at radius 3 is 2.81 bits per heavy atom. The van der Waals surface area contributed by atoms with Crippen LogP contribution in [0, 0.1) is 9.49 Å². The zero-order valence-electron chi connectivity index (χ0n) is 9.86. The summed E-state index contributed by atoms with van der Waals surface area (Å²) in [7, 11) is 0. The number of nitrogens with zero attached hydrogens (tertiary/aromatic N) is 3. The number of anilines is 1. The lowest BCUT2D eigenvalue weighted by Gasteiger charge is -2.25. The molecule has 16 heavy (non-hydrogen) atoms. The maximum atomic E-state index is 4.43. The van der Waals surface area contributed by atoms with E-state index >= 15 is 0 Å². The zero-order valence-corrected chi connectivity index (χ0v) is 12.0. The largest absolute Gasteiger partial charge is 0.353 e. The van der Waals surface area contributed by atoms with Crippen LogP contribution in [0.1, 0.15) is 33.1 Å². The van der Waals surface area contributed by atoms with Gasteiger partial charge in [-0.05, 0) is 47.8 Å². The first kappa shape index (κ1) is 12.1. The number of rotatable bonds is 5. The number of hydrogen-bond donors (Lipinski definition) is 0. The average Bonchev–Trinajstić information content (AvgIpc) is 3.04. The van der Waals surface area contributed by atoms with Gasteiger partial charge in [-0.15, -0.1) is 0 Å². The first-order valence-corrected chi connectivity index (χ1v) is 6.98. The lowest BCUT2D eigenvalue weighted by molar-refractivity contribution is 0.568. The van der Waals surface area contributed by atoms with Crippen molar-refractivity contribution in [2.75, 3.05) is 11.4 Å². The van der Waals surface area contributed by atoms with Crippen molar-refractivity contribution in [2.45, 2.75) is 39.2 Å². The molecule has 0 aliphatic heterocycles. The van der Waals surface area contributed by atoms with Crippen LogP contribution in [-0.2, 0) is 0 Å². The third kappa shape index (κ3) is 3.06. The van der Waals surface area contributed by atoms with Gasteiger partial charge in [0.25, 0.3) is 0 Å². The molecular weight excluding hydrogens is 313 g/mol. The molecule has 3 nitrogen and oxygen atoms in total. The van der Waals surface area contributed by atoms with Crippen LogP contribution in [0.25, 0.3) is 0 Å². The molecule has 1 saturated carbocycles. The van der Waals surface area contributed by atoms with Crippen molar-refractivity contribution in [3.05, 3.63) is 16.1 Å². The third-order valence-corrected chi connectivity index (χ3v) is 3.62. The zero-order chi connectivity index (χ0) is 11.5. The SMILES string of the molecule is CC(C)CCN(c1ncncc1I)C1CC1. The molecule has 1 aromatic heterocycles. The van der Waals surface area contributed by atoms with Crippen molar-refractivity contribution in [1.29, 1.82) is 0 Å². The molecular formula is C12H18IN3. The summed E-state index contributed by atoms with van der Waals surface area (Å²) in [5, 5.41) is 0. The fourth-order valence-corrected chi connectivity index (χ4v) is 2.37. The van der Waals surface area contributed by atoms with Crippen molar-refractivity contribution < 1.29 is 0 Å². The van der Waals surface area contributed by atoms with Gasteiger partial charge >= 0.3 is 0 Å². The molecule has 0 bridgehead atoms. The van der Waals surface area contributed by atoms with Crippen LogP contribution < -0.4 is 4.90 Å². The summed E-state index contributed by atoms with van der Waals surface area (Å²) in [4.78, 5) is 10.9. The Hall–Kier alpha value is -0.390.